The molecule has 2 N–H and O–H groups in total. The summed E-state index contributed by atoms with van der Waals surface area (Å²) in [4.78, 5) is 12.5. The number of nitrogens with one attached hydrogen (secondary N) is 2. The monoisotopic (exact) mass is 388 g/mol. The highest BCUT2D eigenvalue weighted by atomic mass is 32.2. The largest absolute Gasteiger partial charge is 0.322 e. The Morgan fingerprint density at radius 1 is 1.04 bits per heavy atom. The number of aromatic nitrogens is 2. The van der Waals surface area contributed by atoms with E-state index in [2.05, 4.69) is 15.1 Å². The van der Waals surface area contributed by atoms with Crippen LogP contribution in [-0.2, 0) is 10.0 Å². The number of rotatable bonds is 5. The molecule has 1 amide bonds. The lowest BCUT2D eigenvalue weighted by Gasteiger charge is -2.08. The number of sulfonamides is 1. The number of hydrogen-bond acceptors (Lipinski definition) is 4. The molecule has 0 bridgehead atoms. The fourth-order valence-corrected chi connectivity index (χ4v) is 3.07. The van der Waals surface area contributed by atoms with Gasteiger partial charge in [0.15, 0.2) is 0 Å². The molecule has 0 atom stereocenters. The molecule has 0 radical (unpaired) electrons. The third-order valence-electron chi connectivity index (χ3n) is 3.77. The van der Waals surface area contributed by atoms with E-state index < -0.39 is 10.0 Å². The van der Waals surface area contributed by atoms with E-state index in [1.807, 2.05) is 0 Å². The van der Waals surface area contributed by atoms with Gasteiger partial charge in [0.05, 0.1) is 29.4 Å². The van der Waals surface area contributed by atoms with Gasteiger partial charge in [-0.05, 0) is 55.5 Å². The van der Waals surface area contributed by atoms with Crippen molar-refractivity contribution in [3.63, 3.8) is 0 Å². The van der Waals surface area contributed by atoms with Crippen LogP contribution in [0.25, 0.3) is 5.69 Å². The average Bonchev–Trinajstić information content (AvgIpc) is 2.98. The lowest BCUT2D eigenvalue weighted by atomic mass is 10.2. The molecule has 1 heterocycles. The van der Waals surface area contributed by atoms with Crippen LogP contribution in [-0.4, -0.2) is 30.4 Å². The van der Waals surface area contributed by atoms with Gasteiger partial charge in [0.1, 0.15) is 5.82 Å². The van der Waals surface area contributed by atoms with Crippen LogP contribution in [0.2, 0.25) is 0 Å². The summed E-state index contributed by atoms with van der Waals surface area (Å²) in [6.45, 7) is 1.74. The normalized spacial score (nSPS) is 11.2. The number of benzene rings is 2. The predicted octanol–water partition coefficient (Wildman–Crippen LogP) is 2.94. The smallest absolute Gasteiger partial charge is 0.259 e. The van der Waals surface area contributed by atoms with Crippen LogP contribution in [0.15, 0.2) is 54.7 Å². The second kappa shape index (κ2) is 7.20. The van der Waals surface area contributed by atoms with Crippen LogP contribution in [0, 0.1) is 12.7 Å². The highest BCUT2D eigenvalue weighted by molar-refractivity contribution is 7.92. The molecule has 0 unspecified atom stereocenters. The minimum atomic E-state index is -3.36. The molecule has 0 spiro atoms. The molecule has 0 saturated heterocycles. The van der Waals surface area contributed by atoms with E-state index >= 15 is 0 Å². The summed E-state index contributed by atoms with van der Waals surface area (Å²) in [5, 5.41) is 6.92. The Morgan fingerprint density at radius 3 is 2.22 bits per heavy atom. The second-order valence-corrected chi connectivity index (χ2v) is 7.69. The summed E-state index contributed by atoms with van der Waals surface area (Å²) in [5.41, 5.74) is 2.53. The molecule has 1 aromatic heterocycles. The molecular weight excluding hydrogens is 371 g/mol. The minimum absolute atomic E-state index is 0.352. The molecule has 0 aliphatic heterocycles. The van der Waals surface area contributed by atoms with Gasteiger partial charge in [0.2, 0.25) is 10.0 Å². The quantitative estimate of drug-likeness (QED) is 0.703. The highest BCUT2D eigenvalue weighted by Gasteiger charge is 2.15. The zero-order valence-electron chi connectivity index (χ0n) is 14.6. The van der Waals surface area contributed by atoms with E-state index in [9.17, 15) is 17.6 Å². The summed E-state index contributed by atoms with van der Waals surface area (Å²) < 4.78 is 39.4. The molecule has 0 aliphatic rings. The van der Waals surface area contributed by atoms with Crippen LogP contribution in [0.5, 0.6) is 0 Å². The van der Waals surface area contributed by atoms with Gasteiger partial charge >= 0.3 is 0 Å². The summed E-state index contributed by atoms with van der Waals surface area (Å²) in [6, 6.07) is 12.1. The molecule has 27 heavy (non-hydrogen) atoms. The first kappa shape index (κ1) is 18.6. The first-order valence-electron chi connectivity index (χ1n) is 7.93. The van der Waals surface area contributed by atoms with E-state index in [0.717, 1.165) is 6.26 Å². The number of amides is 1. The van der Waals surface area contributed by atoms with Crippen molar-refractivity contribution in [2.75, 3.05) is 16.3 Å². The molecule has 0 aliphatic carbocycles. The molecule has 2 aromatic carbocycles. The fourth-order valence-electron chi connectivity index (χ4n) is 2.51. The van der Waals surface area contributed by atoms with Crippen molar-refractivity contribution >= 4 is 27.3 Å². The number of nitrogens with zero attached hydrogens (tertiary/aromatic N) is 2. The molecule has 3 rings (SSSR count). The van der Waals surface area contributed by atoms with Gasteiger partial charge in [-0.25, -0.2) is 17.5 Å². The summed E-state index contributed by atoms with van der Waals surface area (Å²) in [7, 11) is -3.36. The van der Waals surface area contributed by atoms with Crippen LogP contribution < -0.4 is 10.0 Å². The standard InChI is InChI=1S/C18H17FN4O3S/c1-12-17(11-20-23(12)16-9-3-13(19)4-10-16)18(24)21-14-5-7-15(8-6-14)22-27(2,25)26/h3-11,22H,1-2H3,(H,21,24). The molecule has 0 fully saturated rings. The van der Waals surface area contributed by atoms with E-state index in [1.54, 1.807) is 48.0 Å². The summed E-state index contributed by atoms with van der Waals surface area (Å²) in [6.07, 6.45) is 2.50. The van der Waals surface area contributed by atoms with Crippen molar-refractivity contribution in [3.05, 3.63) is 71.8 Å². The Labute approximate surface area is 155 Å². The van der Waals surface area contributed by atoms with Gasteiger partial charge in [-0.3, -0.25) is 9.52 Å². The first-order chi connectivity index (χ1) is 12.7. The zero-order chi connectivity index (χ0) is 19.6. The summed E-state index contributed by atoms with van der Waals surface area (Å²) in [5.74, 6) is -0.708. The maximum Gasteiger partial charge on any atom is 0.259 e. The maximum atomic E-state index is 13.1. The van der Waals surface area contributed by atoms with E-state index in [-0.39, 0.29) is 11.7 Å². The van der Waals surface area contributed by atoms with Crippen LogP contribution in [0.1, 0.15) is 16.1 Å². The van der Waals surface area contributed by atoms with Gasteiger partial charge in [0, 0.05) is 11.4 Å². The predicted molar refractivity (Wildman–Crippen MR) is 101 cm³/mol. The van der Waals surface area contributed by atoms with E-state index in [4.69, 9.17) is 0 Å². The molecular formula is C18H17FN4O3S. The number of carbonyl (C=O) groups is 1. The van der Waals surface area contributed by atoms with Gasteiger partial charge in [-0.2, -0.15) is 5.10 Å². The van der Waals surface area contributed by atoms with Gasteiger partial charge in [-0.1, -0.05) is 0 Å². The Bertz CT molecular complexity index is 1070. The lowest BCUT2D eigenvalue weighted by Crippen LogP contribution is -2.13. The SMILES string of the molecule is Cc1c(C(=O)Nc2ccc(NS(C)(=O)=O)cc2)cnn1-c1ccc(F)cc1. The zero-order valence-corrected chi connectivity index (χ0v) is 15.4. The van der Waals surface area contributed by atoms with Gasteiger partial charge in [-0.15, -0.1) is 0 Å². The minimum Gasteiger partial charge on any atom is -0.322 e. The van der Waals surface area contributed by atoms with Crippen molar-refractivity contribution in [1.82, 2.24) is 9.78 Å². The highest BCUT2D eigenvalue weighted by Crippen LogP contribution is 2.18. The number of halogens is 1. The van der Waals surface area contributed by atoms with Gasteiger partial charge in [0.25, 0.3) is 5.91 Å². The maximum absolute atomic E-state index is 13.1. The third-order valence-corrected chi connectivity index (χ3v) is 4.38. The van der Waals surface area contributed by atoms with Crippen molar-refractivity contribution in [3.8, 4) is 5.69 Å². The topological polar surface area (TPSA) is 93.1 Å². The summed E-state index contributed by atoms with van der Waals surface area (Å²) >= 11 is 0. The van der Waals surface area contributed by atoms with Crippen LogP contribution >= 0.6 is 0 Å². The molecule has 0 saturated carbocycles. The third kappa shape index (κ3) is 4.50. The van der Waals surface area contributed by atoms with Crippen molar-refractivity contribution in [2.45, 2.75) is 6.92 Å². The lowest BCUT2D eigenvalue weighted by molar-refractivity contribution is 0.102. The molecule has 9 heteroatoms. The first-order valence-corrected chi connectivity index (χ1v) is 9.82. The van der Waals surface area contributed by atoms with Crippen LogP contribution in [0.4, 0.5) is 15.8 Å². The Balaban J connectivity index is 1.76. The van der Waals surface area contributed by atoms with E-state index in [1.165, 1.54) is 18.3 Å². The van der Waals surface area contributed by atoms with E-state index in [0.29, 0.717) is 28.3 Å². The van der Waals surface area contributed by atoms with Crippen molar-refractivity contribution in [1.29, 1.82) is 0 Å². The number of carbonyl (C=O) groups excluding carboxylic acids is 1. The molecule has 3 aromatic rings. The average molecular weight is 388 g/mol. The van der Waals surface area contributed by atoms with Crippen molar-refractivity contribution < 1.29 is 17.6 Å². The fraction of sp³-hybridized carbons (Fsp3) is 0.111. The van der Waals surface area contributed by atoms with Gasteiger partial charge < -0.3 is 5.32 Å². The molecule has 140 valence electrons. The molecule has 7 nitrogen and oxygen atoms in total. The van der Waals surface area contributed by atoms with Crippen LogP contribution in [0.3, 0.4) is 0 Å². The number of hydrogen-bond donors (Lipinski definition) is 2. The Kier molecular flexibility index (Phi) is 4.95. The van der Waals surface area contributed by atoms with Crippen molar-refractivity contribution in [2.24, 2.45) is 0 Å². The second-order valence-electron chi connectivity index (χ2n) is 5.94. The Hall–Kier alpha value is -3.20. The Morgan fingerprint density at radius 2 is 1.63 bits per heavy atom. The number of anilines is 2.